The fraction of sp³-hybridized carbons (Fsp3) is 0.186. The van der Waals surface area contributed by atoms with E-state index in [0.717, 1.165) is 56.1 Å². The van der Waals surface area contributed by atoms with Gasteiger partial charge in [-0.2, -0.15) is 0 Å². The van der Waals surface area contributed by atoms with Gasteiger partial charge in [0, 0.05) is 44.6 Å². The van der Waals surface area contributed by atoms with Crippen molar-refractivity contribution in [3.8, 4) is 0 Å². The number of aromatic nitrogens is 3. The number of halogens is 4. The predicted molar refractivity (Wildman–Crippen MR) is 531 cm³/mol. The molecule has 5 atom stereocenters. The molecule has 0 aliphatic carbocycles. The number of amides is 2. The van der Waals surface area contributed by atoms with Crippen molar-refractivity contribution in [1.29, 1.82) is 0 Å². The molecule has 13 nitrogen and oxygen atoms in total. The van der Waals surface area contributed by atoms with E-state index in [-0.39, 0.29) is 53.8 Å². The Hall–Kier alpha value is -8.75. The molecule has 5 saturated heterocycles. The number of hydrogen-bond acceptors (Lipinski definition) is 13. The SMILES string of the molecule is C.C.C1CCOC1.CC1(C)SC2/C(=C(/I)c3ccccn3)C(=O)N2[C@H]1C(=O)OC(c1ccccc1)c1ccccc1.CC1(C)SC2C(=O)C(=O)N2[C@H]1C(=O)OC(c1ccccc1)c1ccccc1.IC(c1ccccn1)=P(c1ccccc1)(c1ccccc1)c1ccccc1.IC(c1ccccn1)[P+](c1ccccc1)(c1ccccc1)c1ccccc1.[I-]. The summed E-state index contributed by atoms with van der Waals surface area (Å²) in [5, 5.41) is 7.41. The van der Waals surface area contributed by atoms with E-state index in [1.54, 1.807) is 22.9 Å². The predicted octanol–water partition coefficient (Wildman–Crippen LogP) is 18.1. The summed E-state index contributed by atoms with van der Waals surface area (Å²) in [5.74, 6) is -2.05. The lowest BCUT2D eigenvalue weighted by molar-refractivity contribution is -0.168. The zero-order chi connectivity index (χ0) is 83.6. The zero-order valence-electron chi connectivity index (χ0n) is 66.9. The number of carbonyl (C=O) groups is 5. The molecule has 2 amide bonds. The van der Waals surface area contributed by atoms with Crippen LogP contribution in [0.4, 0.5) is 0 Å². The third kappa shape index (κ3) is 21.0. The highest BCUT2D eigenvalue weighted by Crippen LogP contribution is 2.69. The number of pyridine rings is 3. The topological polar surface area (TPSA) is 158 Å². The molecule has 0 saturated carbocycles. The first-order valence-corrected chi connectivity index (χ1v) is 48.4. The Morgan fingerprint density at radius 2 is 0.732 bits per heavy atom. The molecule has 18 rings (SSSR count). The van der Waals surface area contributed by atoms with Gasteiger partial charge in [0.15, 0.2) is 15.9 Å². The molecule has 0 bridgehead atoms. The minimum absolute atomic E-state index is 0. The third-order valence-electron chi connectivity index (χ3n) is 21.2. The van der Waals surface area contributed by atoms with Crippen molar-refractivity contribution in [2.75, 3.05) is 13.2 Å². The first-order valence-electron chi connectivity index (χ1n) is 39.6. The lowest BCUT2D eigenvalue weighted by atomic mass is 9.94. The van der Waals surface area contributed by atoms with Crippen LogP contribution >= 0.6 is 105 Å². The van der Waals surface area contributed by atoms with E-state index >= 15 is 0 Å². The standard InChI is InChI=1S/C27H23IN2O3S.C24H20INP.C24H19INP.C21H19NO4S.C4H8O.2CH4.HI/c1-27(2)23(30-24(31)20(25(30)34-27)21(28)19-15-9-10-16-29-19)26(32)33-22(17-11-5-3-6-12-17)18-13-7-4-8-14-18;2*25-24(23-18-10-11-19-26-23)27(20-12-4-1-5-13-20,21-14-6-2-7-15-21)22-16-8-3-9-17-22;1-21(2)17(22-18(24)15(23)19(22)27-21)20(25)26-16(13-9-5-3-6-10-13)14-11-7-4-8-12-14;1-2-4-5-3-1;;;/h3-16,22-23,25H,1-2H3;1-19,24H;1-19H;3-12,16-17,19H,1-2H3;1-4H2;2*1H4;1H/q;+1;;;;;;/p-1/b21-20+;;;;;;;/t23-,25?;;;17-,19?;;;;/m0..0..../s1. The Bertz CT molecular complexity index is 5410. The summed E-state index contributed by atoms with van der Waals surface area (Å²) in [6.07, 6.45) is 6.93. The molecule has 10 aromatic carbocycles. The average Bonchev–Trinajstić information content (AvgIpc) is 1.54. The first-order chi connectivity index (χ1) is 58.4. The summed E-state index contributed by atoms with van der Waals surface area (Å²) in [5.41, 5.74) is 7.13. The Kier molecular flexibility index (Phi) is 34.3. The minimum atomic E-state index is -2.03. The molecule has 0 N–H and O–H groups in total. The van der Waals surface area contributed by atoms with E-state index in [2.05, 4.69) is 279 Å². The fourth-order valence-electron chi connectivity index (χ4n) is 15.5. The normalized spacial score (nSPS) is 17.4. The maximum Gasteiger partial charge on any atom is 0.331 e. The van der Waals surface area contributed by atoms with Gasteiger partial charge in [-0.05, 0) is 226 Å². The summed E-state index contributed by atoms with van der Waals surface area (Å²) >= 11 is 10.3. The van der Waals surface area contributed by atoms with Crippen LogP contribution in [0.25, 0.3) is 3.58 Å². The van der Waals surface area contributed by atoms with Crippen LogP contribution in [-0.4, -0.2) is 103 Å². The van der Waals surface area contributed by atoms with Crippen molar-refractivity contribution in [3.05, 3.63) is 421 Å². The lowest BCUT2D eigenvalue weighted by Crippen LogP contribution is -3.00. The number of Topliss-reactive ketones (excluding diaryl/α,β-unsaturated/α-hetero) is 1. The second kappa shape index (κ2) is 44.4. The molecule has 123 heavy (non-hydrogen) atoms. The molecule has 8 heterocycles. The van der Waals surface area contributed by atoms with Crippen LogP contribution in [0.5, 0.6) is 0 Å². The van der Waals surface area contributed by atoms with Crippen LogP contribution in [0, 0.1) is 0 Å². The second-order valence-electron chi connectivity index (χ2n) is 29.8. The van der Waals surface area contributed by atoms with Gasteiger partial charge in [0.2, 0.25) is 0 Å². The van der Waals surface area contributed by atoms with Crippen molar-refractivity contribution in [3.63, 3.8) is 0 Å². The fourth-order valence-corrected chi connectivity index (χ4v) is 33.8. The molecule has 13 aromatic rings. The quantitative estimate of drug-likeness (QED) is 0.0152. The number of ether oxygens (including phenoxy) is 3. The van der Waals surface area contributed by atoms with Gasteiger partial charge in [0.25, 0.3) is 17.6 Å². The molecule has 3 unspecified atom stereocenters. The number of nitrogens with zero attached hydrogens (tertiary/aromatic N) is 5. The second-order valence-corrected chi connectivity index (χ2v) is 45.3. The number of fused-ring (bicyclic) bond motifs is 2. The number of thioether (sulfide) groups is 2. The van der Waals surface area contributed by atoms with Gasteiger partial charge in [-0.1, -0.05) is 300 Å². The number of rotatable bonds is 18. The van der Waals surface area contributed by atoms with E-state index in [1.807, 2.05) is 192 Å². The first kappa shape index (κ1) is 94.9. The van der Waals surface area contributed by atoms with Gasteiger partial charge in [-0.25, -0.2) is 9.59 Å². The minimum Gasteiger partial charge on any atom is -1.00 e. The van der Waals surface area contributed by atoms with Crippen LogP contribution in [0.15, 0.2) is 382 Å². The Balaban J connectivity index is 0.000000156. The Morgan fingerprint density at radius 3 is 1.06 bits per heavy atom. The van der Waals surface area contributed by atoms with E-state index in [4.69, 9.17) is 24.2 Å². The molecule has 0 spiro atoms. The highest BCUT2D eigenvalue weighted by atomic mass is 127. The summed E-state index contributed by atoms with van der Waals surface area (Å²) in [6.45, 7) is 7.70. The van der Waals surface area contributed by atoms with Crippen molar-refractivity contribution >= 4 is 174 Å². The van der Waals surface area contributed by atoms with Gasteiger partial charge >= 0.3 is 11.9 Å². The number of esters is 2. The number of alkyl halides is 1. The summed E-state index contributed by atoms with van der Waals surface area (Å²) < 4.78 is 18.3. The summed E-state index contributed by atoms with van der Waals surface area (Å²) in [7, 11) is -1.94. The number of carbonyl (C=O) groups excluding carboxylic acids is 5. The van der Waals surface area contributed by atoms with Crippen molar-refractivity contribution < 1.29 is 62.2 Å². The molecule has 3 aromatic heterocycles. The third-order valence-corrected chi connectivity index (χ3v) is 39.6. The smallest absolute Gasteiger partial charge is 0.331 e. The van der Waals surface area contributed by atoms with Gasteiger partial charge in [-0.15, -0.1) is 23.5 Å². The highest BCUT2D eigenvalue weighted by Gasteiger charge is 2.65. The number of benzene rings is 10. The van der Waals surface area contributed by atoms with E-state index in [1.165, 1.54) is 64.6 Å². The zero-order valence-corrected chi connectivity index (χ0v) is 78.9. The van der Waals surface area contributed by atoms with Gasteiger partial charge in [0.1, 0.15) is 46.0 Å². The van der Waals surface area contributed by atoms with Crippen LogP contribution in [0.2, 0.25) is 0 Å². The molecule has 628 valence electrons. The van der Waals surface area contributed by atoms with Crippen molar-refractivity contribution in [1.82, 2.24) is 24.8 Å². The molecular formula is C102H97I4N5O8P2S2. The summed E-state index contributed by atoms with van der Waals surface area (Å²) in [6, 6.07) is 120. The molecule has 21 heteroatoms. The largest absolute Gasteiger partial charge is 1.00 e. The number of ketones is 1. The molecular weight excluding hydrogens is 2060 g/mol. The maximum absolute atomic E-state index is 13.6. The van der Waals surface area contributed by atoms with Crippen molar-refractivity contribution in [2.45, 2.75) is 104 Å². The van der Waals surface area contributed by atoms with Crippen LogP contribution < -0.4 is 55.8 Å². The molecule has 5 fully saturated rings. The monoisotopic (exact) mass is 2150 g/mol. The Labute approximate surface area is 790 Å². The van der Waals surface area contributed by atoms with Crippen LogP contribution in [-0.2, 0) is 38.2 Å². The molecule has 0 radical (unpaired) electrons. The Morgan fingerprint density at radius 1 is 0.423 bits per heavy atom. The lowest BCUT2D eigenvalue weighted by Gasteiger charge is -2.40. The van der Waals surface area contributed by atoms with Crippen LogP contribution in [0.1, 0.15) is 111 Å². The van der Waals surface area contributed by atoms with E-state index in [9.17, 15) is 24.0 Å². The van der Waals surface area contributed by atoms with E-state index < -0.39 is 76.9 Å². The van der Waals surface area contributed by atoms with Crippen molar-refractivity contribution in [2.24, 2.45) is 0 Å². The average molecular weight is 2150 g/mol. The summed E-state index contributed by atoms with van der Waals surface area (Å²) in [4.78, 5) is 80.8. The molecule has 5 aliphatic heterocycles. The maximum atomic E-state index is 13.6. The highest BCUT2D eigenvalue weighted by molar-refractivity contribution is 14.1. The van der Waals surface area contributed by atoms with Crippen LogP contribution in [0.3, 0.4) is 0 Å². The van der Waals surface area contributed by atoms with Gasteiger partial charge in [-0.3, -0.25) is 29.3 Å². The number of hydrogen-bond donors (Lipinski definition) is 0. The van der Waals surface area contributed by atoms with E-state index in [0.29, 0.717) is 5.57 Å². The van der Waals surface area contributed by atoms with Gasteiger partial charge in [0.05, 0.1) is 26.2 Å². The number of β-lactam (4-membered cyclic amide) rings is 2. The molecule has 5 aliphatic rings. The van der Waals surface area contributed by atoms with Gasteiger partial charge < -0.3 is 48.0 Å².